The standard InChI is InChI=1S/C14H21BrN2O2/c1-3-8-17(4-2)9-7-16-14(19)12-10-11(15)5-6-13(12)18/h5-6,10,18H,3-4,7-9H2,1-2H3,(H,16,19). The van der Waals surface area contributed by atoms with Gasteiger partial charge in [0, 0.05) is 17.6 Å². The number of amides is 1. The van der Waals surface area contributed by atoms with Gasteiger partial charge >= 0.3 is 0 Å². The molecule has 0 unspecified atom stereocenters. The fraction of sp³-hybridized carbons (Fsp3) is 0.500. The van der Waals surface area contributed by atoms with E-state index in [1.165, 1.54) is 6.07 Å². The lowest BCUT2D eigenvalue weighted by atomic mass is 10.2. The van der Waals surface area contributed by atoms with E-state index in [4.69, 9.17) is 0 Å². The molecule has 1 amide bonds. The number of carbonyl (C=O) groups excluding carboxylic acids is 1. The van der Waals surface area contributed by atoms with Crippen LogP contribution in [-0.2, 0) is 0 Å². The smallest absolute Gasteiger partial charge is 0.255 e. The number of rotatable bonds is 7. The molecule has 0 aliphatic carbocycles. The minimum atomic E-state index is -0.244. The van der Waals surface area contributed by atoms with Gasteiger partial charge in [0.2, 0.25) is 0 Å². The monoisotopic (exact) mass is 328 g/mol. The average molecular weight is 329 g/mol. The molecule has 1 aromatic carbocycles. The molecular weight excluding hydrogens is 308 g/mol. The van der Waals surface area contributed by atoms with E-state index in [9.17, 15) is 9.90 Å². The topological polar surface area (TPSA) is 52.6 Å². The number of aromatic hydroxyl groups is 1. The van der Waals surface area contributed by atoms with E-state index >= 15 is 0 Å². The number of likely N-dealkylation sites (N-methyl/N-ethyl adjacent to an activating group) is 1. The van der Waals surface area contributed by atoms with Gasteiger partial charge in [-0.1, -0.05) is 29.8 Å². The van der Waals surface area contributed by atoms with Crippen molar-refractivity contribution in [1.82, 2.24) is 10.2 Å². The maximum absolute atomic E-state index is 11.9. The zero-order valence-corrected chi connectivity index (χ0v) is 13.0. The summed E-state index contributed by atoms with van der Waals surface area (Å²) in [5, 5.41) is 12.5. The van der Waals surface area contributed by atoms with Gasteiger partial charge < -0.3 is 15.3 Å². The lowest BCUT2D eigenvalue weighted by molar-refractivity contribution is 0.0946. The van der Waals surface area contributed by atoms with Crippen LogP contribution in [0.4, 0.5) is 0 Å². The van der Waals surface area contributed by atoms with Crippen molar-refractivity contribution in [2.45, 2.75) is 20.3 Å². The lowest BCUT2D eigenvalue weighted by Gasteiger charge is -2.19. The minimum absolute atomic E-state index is 0.00149. The van der Waals surface area contributed by atoms with Crippen LogP contribution in [0.25, 0.3) is 0 Å². The Hall–Kier alpha value is -1.07. The summed E-state index contributed by atoms with van der Waals surface area (Å²) >= 11 is 3.29. The van der Waals surface area contributed by atoms with Crippen LogP contribution in [0.2, 0.25) is 0 Å². The zero-order chi connectivity index (χ0) is 14.3. The number of hydrogen-bond donors (Lipinski definition) is 2. The summed E-state index contributed by atoms with van der Waals surface area (Å²) in [4.78, 5) is 14.2. The van der Waals surface area contributed by atoms with Crippen molar-refractivity contribution in [3.05, 3.63) is 28.2 Å². The van der Waals surface area contributed by atoms with Crippen LogP contribution in [0.1, 0.15) is 30.6 Å². The highest BCUT2D eigenvalue weighted by Gasteiger charge is 2.11. The fourth-order valence-electron chi connectivity index (χ4n) is 1.86. The molecule has 19 heavy (non-hydrogen) atoms. The molecule has 0 fully saturated rings. The van der Waals surface area contributed by atoms with Gasteiger partial charge in [0.15, 0.2) is 0 Å². The summed E-state index contributed by atoms with van der Waals surface area (Å²) < 4.78 is 0.775. The Kier molecular flexibility index (Phi) is 6.87. The van der Waals surface area contributed by atoms with Crippen molar-refractivity contribution < 1.29 is 9.90 Å². The summed E-state index contributed by atoms with van der Waals surface area (Å²) in [6.07, 6.45) is 1.11. The quantitative estimate of drug-likeness (QED) is 0.809. The molecule has 0 spiro atoms. The van der Waals surface area contributed by atoms with E-state index in [2.05, 4.69) is 40.0 Å². The van der Waals surface area contributed by atoms with E-state index in [1.54, 1.807) is 12.1 Å². The SMILES string of the molecule is CCCN(CC)CCNC(=O)c1cc(Br)ccc1O. The molecule has 0 aliphatic heterocycles. The number of hydrogen-bond acceptors (Lipinski definition) is 3. The molecule has 0 saturated carbocycles. The Labute approximate surface area is 122 Å². The zero-order valence-electron chi connectivity index (χ0n) is 11.4. The maximum atomic E-state index is 11.9. The number of phenols is 1. The van der Waals surface area contributed by atoms with Gasteiger partial charge in [-0.2, -0.15) is 0 Å². The van der Waals surface area contributed by atoms with Crippen molar-refractivity contribution in [1.29, 1.82) is 0 Å². The first-order chi connectivity index (χ1) is 9.08. The van der Waals surface area contributed by atoms with Crippen LogP contribution in [0.5, 0.6) is 5.75 Å². The van der Waals surface area contributed by atoms with Crippen LogP contribution >= 0.6 is 15.9 Å². The van der Waals surface area contributed by atoms with Crippen molar-refractivity contribution in [2.75, 3.05) is 26.2 Å². The minimum Gasteiger partial charge on any atom is -0.507 e. The van der Waals surface area contributed by atoms with Gasteiger partial charge in [0.25, 0.3) is 5.91 Å². The predicted octanol–water partition coefficient (Wildman–Crippen LogP) is 2.62. The summed E-state index contributed by atoms with van der Waals surface area (Å²) in [6.45, 7) is 7.67. The number of phenolic OH excluding ortho intramolecular Hbond substituents is 1. The molecule has 106 valence electrons. The highest BCUT2D eigenvalue weighted by Crippen LogP contribution is 2.21. The number of nitrogens with one attached hydrogen (secondary N) is 1. The van der Waals surface area contributed by atoms with Crippen LogP contribution in [0.15, 0.2) is 22.7 Å². The molecule has 1 aromatic rings. The molecule has 5 heteroatoms. The molecule has 0 bridgehead atoms. The fourth-order valence-corrected chi connectivity index (χ4v) is 2.22. The van der Waals surface area contributed by atoms with Gasteiger partial charge in [0.1, 0.15) is 5.75 Å². The molecule has 4 nitrogen and oxygen atoms in total. The molecule has 0 aromatic heterocycles. The third-order valence-corrected chi connectivity index (χ3v) is 3.40. The second-order valence-corrected chi connectivity index (χ2v) is 5.27. The summed E-state index contributed by atoms with van der Waals surface area (Å²) in [5.41, 5.74) is 0.299. The van der Waals surface area contributed by atoms with Gasteiger partial charge in [-0.3, -0.25) is 4.79 Å². The highest BCUT2D eigenvalue weighted by atomic mass is 79.9. The lowest BCUT2D eigenvalue weighted by Crippen LogP contribution is -2.35. The number of benzene rings is 1. The van der Waals surface area contributed by atoms with Crippen molar-refractivity contribution in [3.63, 3.8) is 0 Å². The Morgan fingerprint density at radius 2 is 2.11 bits per heavy atom. The molecular formula is C14H21BrN2O2. The largest absolute Gasteiger partial charge is 0.507 e. The summed E-state index contributed by atoms with van der Waals surface area (Å²) in [7, 11) is 0. The summed E-state index contributed by atoms with van der Waals surface area (Å²) in [5.74, 6) is -0.243. The van der Waals surface area contributed by atoms with Crippen molar-refractivity contribution in [2.24, 2.45) is 0 Å². The van der Waals surface area contributed by atoms with Crippen LogP contribution in [0, 0.1) is 0 Å². The first-order valence-corrected chi connectivity index (χ1v) is 7.36. The normalized spacial score (nSPS) is 10.7. The van der Waals surface area contributed by atoms with E-state index < -0.39 is 0 Å². The van der Waals surface area contributed by atoms with Gasteiger partial charge in [0.05, 0.1) is 5.56 Å². The number of halogens is 1. The predicted molar refractivity (Wildman–Crippen MR) is 80.5 cm³/mol. The van der Waals surface area contributed by atoms with Crippen LogP contribution in [-0.4, -0.2) is 42.1 Å². The third-order valence-electron chi connectivity index (χ3n) is 2.90. The van der Waals surface area contributed by atoms with Gasteiger partial charge in [-0.05, 0) is 37.7 Å². The molecule has 0 radical (unpaired) electrons. The van der Waals surface area contributed by atoms with E-state index in [-0.39, 0.29) is 11.7 Å². The molecule has 2 N–H and O–H groups in total. The van der Waals surface area contributed by atoms with E-state index in [0.717, 1.165) is 30.5 Å². The van der Waals surface area contributed by atoms with Gasteiger partial charge in [-0.25, -0.2) is 0 Å². The Bertz CT molecular complexity index is 424. The second-order valence-electron chi connectivity index (χ2n) is 4.35. The first kappa shape index (κ1) is 16.0. The van der Waals surface area contributed by atoms with Crippen LogP contribution in [0.3, 0.4) is 0 Å². The van der Waals surface area contributed by atoms with Crippen molar-refractivity contribution >= 4 is 21.8 Å². The Morgan fingerprint density at radius 3 is 2.74 bits per heavy atom. The molecule has 0 saturated heterocycles. The van der Waals surface area contributed by atoms with E-state index in [1.807, 2.05) is 0 Å². The highest BCUT2D eigenvalue weighted by molar-refractivity contribution is 9.10. The van der Waals surface area contributed by atoms with E-state index in [0.29, 0.717) is 12.1 Å². The first-order valence-electron chi connectivity index (χ1n) is 6.57. The van der Waals surface area contributed by atoms with Gasteiger partial charge in [-0.15, -0.1) is 0 Å². The number of carbonyl (C=O) groups is 1. The molecule has 1 rings (SSSR count). The number of nitrogens with zero attached hydrogens (tertiary/aromatic N) is 1. The molecule has 0 atom stereocenters. The Morgan fingerprint density at radius 1 is 1.37 bits per heavy atom. The molecule has 0 heterocycles. The average Bonchev–Trinajstić information content (AvgIpc) is 2.40. The third kappa shape index (κ3) is 5.20. The van der Waals surface area contributed by atoms with Crippen LogP contribution < -0.4 is 5.32 Å². The maximum Gasteiger partial charge on any atom is 0.255 e. The Balaban J connectivity index is 2.49. The van der Waals surface area contributed by atoms with Crippen molar-refractivity contribution in [3.8, 4) is 5.75 Å². The molecule has 0 aliphatic rings. The second kappa shape index (κ2) is 8.17. The summed E-state index contributed by atoms with van der Waals surface area (Å²) in [6, 6.07) is 4.83.